The third-order valence-corrected chi connectivity index (χ3v) is 3.96. The van der Waals surface area contributed by atoms with Crippen LogP contribution in [-0.2, 0) is 12.8 Å². The van der Waals surface area contributed by atoms with Gasteiger partial charge in [-0.2, -0.15) is 0 Å². The van der Waals surface area contributed by atoms with Crippen LogP contribution in [0.1, 0.15) is 24.0 Å². The maximum absolute atomic E-state index is 10.2. The first-order valence-corrected chi connectivity index (χ1v) is 7.86. The monoisotopic (exact) mass is 299 g/mol. The summed E-state index contributed by atoms with van der Waals surface area (Å²) in [6.45, 7) is 0. The van der Waals surface area contributed by atoms with E-state index in [1.165, 1.54) is 5.56 Å². The van der Waals surface area contributed by atoms with Crippen LogP contribution >= 0.6 is 0 Å². The summed E-state index contributed by atoms with van der Waals surface area (Å²) in [7, 11) is 0. The lowest BCUT2D eigenvalue weighted by molar-refractivity contribution is -0.00113. The Labute approximate surface area is 132 Å². The smallest absolute Gasteiger partial charge is 0.0952 e. The van der Waals surface area contributed by atoms with Gasteiger partial charge in [0.1, 0.15) is 0 Å². The van der Waals surface area contributed by atoms with Crippen LogP contribution in [0.3, 0.4) is 0 Å². The van der Waals surface area contributed by atoms with E-state index in [0.29, 0.717) is 12.8 Å². The van der Waals surface area contributed by atoms with Crippen LogP contribution < -0.4 is 5.73 Å². The fraction of sp³-hybridized carbons (Fsp3) is 0.368. The molecule has 3 unspecified atom stereocenters. The molecule has 0 radical (unpaired) electrons. The molecule has 22 heavy (non-hydrogen) atoms. The zero-order chi connectivity index (χ0) is 15.8. The van der Waals surface area contributed by atoms with Gasteiger partial charge < -0.3 is 15.9 Å². The van der Waals surface area contributed by atoms with E-state index >= 15 is 0 Å². The van der Waals surface area contributed by atoms with E-state index in [1.54, 1.807) is 0 Å². The molecule has 0 bridgehead atoms. The first kappa shape index (κ1) is 16.7. The number of nitrogens with two attached hydrogens (primary N) is 1. The third kappa shape index (κ3) is 5.26. The summed E-state index contributed by atoms with van der Waals surface area (Å²) in [5.74, 6) is 0. The van der Waals surface area contributed by atoms with E-state index in [2.05, 4.69) is 12.1 Å². The molecule has 4 N–H and O–H groups in total. The fourth-order valence-electron chi connectivity index (χ4n) is 2.62. The Morgan fingerprint density at radius 3 is 1.95 bits per heavy atom. The number of aliphatic hydroxyl groups excluding tert-OH is 2. The highest BCUT2D eigenvalue weighted by Crippen LogP contribution is 2.12. The average molecular weight is 299 g/mol. The maximum atomic E-state index is 10.2. The van der Waals surface area contributed by atoms with Crippen molar-refractivity contribution in [3.63, 3.8) is 0 Å². The van der Waals surface area contributed by atoms with Gasteiger partial charge in [-0.15, -0.1) is 0 Å². The number of hydrogen-bond acceptors (Lipinski definition) is 3. The van der Waals surface area contributed by atoms with Gasteiger partial charge in [-0.25, -0.2) is 0 Å². The van der Waals surface area contributed by atoms with Gasteiger partial charge in [0.25, 0.3) is 0 Å². The molecule has 3 heteroatoms. The number of aryl methyl sites for hydroxylation is 1. The average Bonchev–Trinajstić information content (AvgIpc) is 2.56. The van der Waals surface area contributed by atoms with Crippen LogP contribution in [0, 0.1) is 0 Å². The number of benzene rings is 2. The summed E-state index contributed by atoms with van der Waals surface area (Å²) >= 11 is 0. The highest BCUT2D eigenvalue weighted by atomic mass is 16.3. The van der Waals surface area contributed by atoms with Crippen LogP contribution in [0.15, 0.2) is 60.7 Å². The van der Waals surface area contributed by atoms with Crippen LogP contribution in [-0.4, -0.2) is 28.5 Å². The number of hydrogen-bond donors (Lipinski definition) is 3. The van der Waals surface area contributed by atoms with Gasteiger partial charge in [0, 0.05) is 6.04 Å². The molecule has 0 aliphatic rings. The predicted molar refractivity (Wildman–Crippen MR) is 89.5 cm³/mol. The van der Waals surface area contributed by atoms with Crippen molar-refractivity contribution >= 4 is 0 Å². The molecule has 3 nitrogen and oxygen atoms in total. The highest BCUT2D eigenvalue weighted by Gasteiger charge is 2.23. The molecule has 0 aromatic heterocycles. The Morgan fingerprint density at radius 1 is 0.818 bits per heavy atom. The summed E-state index contributed by atoms with van der Waals surface area (Å²) in [5, 5.41) is 20.3. The molecular weight excluding hydrogens is 274 g/mol. The van der Waals surface area contributed by atoms with Gasteiger partial charge in [-0.1, -0.05) is 60.7 Å². The summed E-state index contributed by atoms with van der Waals surface area (Å²) in [6.07, 6.45) is 1.19. The topological polar surface area (TPSA) is 66.5 Å². The Kier molecular flexibility index (Phi) is 6.59. The van der Waals surface area contributed by atoms with Crippen molar-refractivity contribution in [3.8, 4) is 0 Å². The molecule has 2 aromatic rings. The molecule has 0 spiro atoms. The van der Waals surface area contributed by atoms with Crippen LogP contribution in [0.5, 0.6) is 0 Å². The Morgan fingerprint density at radius 2 is 1.36 bits per heavy atom. The fourth-order valence-corrected chi connectivity index (χ4v) is 2.62. The van der Waals surface area contributed by atoms with Gasteiger partial charge in [-0.3, -0.25) is 0 Å². The van der Waals surface area contributed by atoms with Gasteiger partial charge >= 0.3 is 0 Å². The van der Waals surface area contributed by atoms with Gasteiger partial charge in [-0.05, 0) is 36.8 Å². The first-order chi connectivity index (χ1) is 10.7. The summed E-state index contributed by atoms with van der Waals surface area (Å²) in [5.41, 5.74) is 8.35. The molecule has 0 aliphatic carbocycles. The summed E-state index contributed by atoms with van der Waals surface area (Å²) in [4.78, 5) is 0. The van der Waals surface area contributed by atoms with Crippen molar-refractivity contribution in [2.45, 2.75) is 43.9 Å². The summed E-state index contributed by atoms with van der Waals surface area (Å²) < 4.78 is 0. The molecule has 3 atom stereocenters. The molecule has 0 saturated carbocycles. The van der Waals surface area contributed by atoms with Gasteiger partial charge in [0.05, 0.1) is 12.2 Å². The minimum Gasteiger partial charge on any atom is -0.390 e. The summed E-state index contributed by atoms with van der Waals surface area (Å²) in [6, 6.07) is 19.5. The van der Waals surface area contributed by atoms with Gasteiger partial charge in [0.15, 0.2) is 0 Å². The molecule has 2 rings (SSSR count). The van der Waals surface area contributed by atoms with Crippen molar-refractivity contribution in [2.24, 2.45) is 5.73 Å². The van der Waals surface area contributed by atoms with E-state index < -0.39 is 18.2 Å². The zero-order valence-electron chi connectivity index (χ0n) is 12.8. The second-order valence-corrected chi connectivity index (χ2v) is 5.79. The normalized spacial score (nSPS) is 15.2. The third-order valence-electron chi connectivity index (χ3n) is 3.96. The highest BCUT2D eigenvalue weighted by molar-refractivity contribution is 5.16. The van der Waals surface area contributed by atoms with Crippen molar-refractivity contribution in [3.05, 3.63) is 71.8 Å². The molecular formula is C19H25NO2. The SMILES string of the molecule is NC(Cc1ccccc1)C(O)C(O)CCCc1ccccc1. The van der Waals surface area contributed by atoms with E-state index in [-0.39, 0.29) is 0 Å². The van der Waals surface area contributed by atoms with E-state index in [4.69, 9.17) is 5.73 Å². The Balaban J connectivity index is 1.75. The van der Waals surface area contributed by atoms with Crippen molar-refractivity contribution in [1.82, 2.24) is 0 Å². The molecule has 118 valence electrons. The van der Waals surface area contributed by atoms with E-state index in [0.717, 1.165) is 18.4 Å². The number of aliphatic hydroxyl groups is 2. The van der Waals surface area contributed by atoms with Crippen molar-refractivity contribution < 1.29 is 10.2 Å². The molecule has 0 saturated heterocycles. The standard InChI is InChI=1S/C19H25NO2/c20-17(14-16-10-5-2-6-11-16)19(22)18(21)13-7-12-15-8-3-1-4-9-15/h1-6,8-11,17-19,21-22H,7,12-14,20H2. The largest absolute Gasteiger partial charge is 0.390 e. The van der Waals surface area contributed by atoms with Crippen molar-refractivity contribution in [2.75, 3.05) is 0 Å². The van der Waals surface area contributed by atoms with E-state index in [9.17, 15) is 10.2 Å². The van der Waals surface area contributed by atoms with Crippen molar-refractivity contribution in [1.29, 1.82) is 0 Å². The van der Waals surface area contributed by atoms with Crippen LogP contribution in [0.4, 0.5) is 0 Å². The van der Waals surface area contributed by atoms with Crippen LogP contribution in [0.25, 0.3) is 0 Å². The maximum Gasteiger partial charge on any atom is 0.0952 e. The first-order valence-electron chi connectivity index (χ1n) is 7.86. The van der Waals surface area contributed by atoms with E-state index in [1.807, 2.05) is 48.5 Å². The molecule has 0 aliphatic heterocycles. The van der Waals surface area contributed by atoms with Crippen LogP contribution in [0.2, 0.25) is 0 Å². The second-order valence-electron chi connectivity index (χ2n) is 5.79. The molecule has 0 heterocycles. The molecule has 2 aromatic carbocycles. The lowest BCUT2D eigenvalue weighted by Crippen LogP contribution is -2.44. The van der Waals surface area contributed by atoms with Gasteiger partial charge in [0.2, 0.25) is 0 Å². The zero-order valence-corrected chi connectivity index (χ0v) is 12.8. The quantitative estimate of drug-likeness (QED) is 0.700. The Bertz CT molecular complexity index is 530. The lowest BCUT2D eigenvalue weighted by atomic mass is 9.95. The Hall–Kier alpha value is -1.68. The predicted octanol–water partition coefficient (Wildman–Crippen LogP) is 2.30. The number of rotatable bonds is 8. The lowest BCUT2D eigenvalue weighted by Gasteiger charge is -2.24. The minimum atomic E-state index is -0.893. The molecule has 0 fully saturated rings. The molecule has 0 amide bonds. The second kappa shape index (κ2) is 8.69. The minimum absolute atomic E-state index is 0.450.